The fraction of sp³-hybridized carbons (Fsp3) is 0.615. The Morgan fingerprint density at radius 1 is 0.538 bits per heavy atom. The van der Waals surface area contributed by atoms with Crippen LogP contribution < -0.4 is 0 Å². The topological polar surface area (TPSA) is 0 Å². The zero-order chi connectivity index (χ0) is 17.6. The summed E-state index contributed by atoms with van der Waals surface area (Å²) < 4.78 is 0. The van der Waals surface area contributed by atoms with Crippen molar-refractivity contribution in [2.45, 2.75) is 89.9 Å². The molecule has 2 aromatic rings. The molecule has 2 aromatic carbocycles. The maximum absolute atomic E-state index is 2.38. The number of hydrogen-bond acceptors (Lipinski definition) is 0. The minimum Gasteiger partial charge on any atom is -0.0613 e. The van der Waals surface area contributed by atoms with Crippen molar-refractivity contribution in [2.75, 3.05) is 0 Å². The lowest BCUT2D eigenvalue weighted by atomic mass is 9.83. The number of rotatable bonds is 6. The minimum absolute atomic E-state index is 0.980. The molecule has 0 spiro atoms. The first-order chi connectivity index (χ1) is 12.9. The summed E-state index contributed by atoms with van der Waals surface area (Å²) in [6, 6.07) is 14.1. The van der Waals surface area contributed by atoms with Gasteiger partial charge in [-0.05, 0) is 59.4 Å². The van der Waals surface area contributed by atoms with Crippen LogP contribution in [-0.4, -0.2) is 0 Å². The third kappa shape index (κ3) is 4.51. The second-order valence-corrected chi connectivity index (χ2v) is 9.01. The number of aryl methyl sites for hydroxylation is 2. The smallest absolute Gasteiger partial charge is 0.0149 e. The molecule has 0 saturated heterocycles. The van der Waals surface area contributed by atoms with Crippen molar-refractivity contribution in [1.29, 1.82) is 0 Å². The van der Waals surface area contributed by atoms with Gasteiger partial charge in [0.05, 0.1) is 0 Å². The molecule has 2 aliphatic carbocycles. The molecule has 2 fully saturated rings. The molecular weight excluding hydrogens is 312 g/mol. The molecule has 2 saturated carbocycles. The number of fused-ring (bicyclic) bond motifs is 1. The lowest BCUT2D eigenvalue weighted by Crippen LogP contribution is -2.08. The van der Waals surface area contributed by atoms with Crippen molar-refractivity contribution in [3.63, 3.8) is 0 Å². The Balaban J connectivity index is 1.45. The highest BCUT2D eigenvalue weighted by atomic mass is 14.2. The van der Waals surface area contributed by atoms with Crippen LogP contribution in [0.4, 0.5) is 0 Å². The second-order valence-electron chi connectivity index (χ2n) is 9.01. The summed E-state index contributed by atoms with van der Waals surface area (Å²) in [5, 5.41) is 3.06. The highest BCUT2D eigenvalue weighted by Gasteiger charge is 2.15. The quantitative estimate of drug-likeness (QED) is 0.498. The summed E-state index contributed by atoms with van der Waals surface area (Å²) in [7, 11) is 0. The molecule has 0 bridgehead atoms. The first kappa shape index (κ1) is 18.1. The van der Waals surface area contributed by atoms with E-state index in [0.717, 1.165) is 11.8 Å². The SMILES string of the molecule is c1cc(CCC2CCCCC2)c2cccc(CCC3CCCCC3)c2c1. The first-order valence-corrected chi connectivity index (χ1v) is 11.4. The second kappa shape index (κ2) is 9.07. The predicted molar refractivity (Wildman–Crippen MR) is 114 cm³/mol. The Labute approximate surface area is 160 Å². The highest BCUT2D eigenvalue weighted by molar-refractivity contribution is 5.88. The van der Waals surface area contributed by atoms with E-state index in [1.54, 1.807) is 11.1 Å². The van der Waals surface area contributed by atoms with Crippen LogP contribution in [0, 0.1) is 11.8 Å². The van der Waals surface area contributed by atoms with E-state index in [4.69, 9.17) is 0 Å². The van der Waals surface area contributed by atoms with E-state index in [1.807, 2.05) is 0 Å². The zero-order valence-electron chi connectivity index (χ0n) is 16.5. The van der Waals surface area contributed by atoms with Gasteiger partial charge in [0.15, 0.2) is 0 Å². The lowest BCUT2D eigenvalue weighted by Gasteiger charge is -2.22. The van der Waals surface area contributed by atoms with Gasteiger partial charge >= 0.3 is 0 Å². The van der Waals surface area contributed by atoms with Crippen molar-refractivity contribution in [2.24, 2.45) is 11.8 Å². The first-order valence-electron chi connectivity index (χ1n) is 11.4. The van der Waals surface area contributed by atoms with E-state index in [2.05, 4.69) is 36.4 Å². The van der Waals surface area contributed by atoms with Gasteiger partial charge in [0.1, 0.15) is 0 Å². The molecule has 0 atom stereocenters. The molecule has 0 heterocycles. The molecule has 2 aliphatic rings. The van der Waals surface area contributed by atoms with Gasteiger partial charge in [-0.2, -0.15) is 0 Å². The van der Waals surface area contributed by atoms with Crippen LogP contribution >= 0.6 is 0 Å². The molecule has 0 heteroatoms. The zero-order valence-corrected chi connectivity index (χ0v) is 16.5. The lowest BCUT2D eigenvalue weighted by molar-refractivity contribution is 0.339. The van der Waals surface area contributed by atoms with E-state index >= 15 is 0 Å². The molecule has 4 rings (SSSR count). The number of benzene rings is 2. The van der Waals surface area contributed by atoms with Crippen LogP contribution in [0.3, 0.4) is 0 Å². The largest absolute Gasteiger partial charge is 0.0613 e. The van der Waals surface area contributed by atoms with Crippen LogP contribution in [0.2, 0.25) is 0 Å². The van der Waals surface area contributed by atoms with Crippen LogP contribution in [0.5, 0.6) is 0 Å². The average molecular weight is 349 g/mol. The summed E-state index contributed by atoms with van der Waals surface area (Å²) in [6.07, 6.45) is 20.0. The average Bonchev–Trinajstić information content (AvgIpc) is 2.72. The van der Waals surface area contributed by atoms with Gasteiger partial charge in [-0.3, -0.25) is 0 Å². The summed E-state index contributed by atoms with van der Waals surface area (Å²) >= 11 is 0. The Morgan fingerprint density at radius 2 is 0.962 bits per heavy atom. The maximum Gasteiger partial charge on any atom is -0.0149 e. The van der Waals surface area contributed by atoms with Crippen molar-refractivity contribution in [1.82, 2.24) is 0 Å². The maximum atomic E-state index is 2.38. The van der Waals surface area contributed by atoms with E-state index in [9.17, 15) is 0 Å². The van der Waals surface area contributed by atoms with E-state index in [-0.39, 0.29) is 0 Å². The standard InChI is InChI=1S/C26H36/c1-3-9-21(10-4-1)17-19-23-13-7-16-26-24(14-8-15-25(23)26)20-18-22-11-5-2-6-12-22/h7-8,13-16,21-22H,1-6,9-12,17-20H2. The van der Waals surface area contributed by atoms with Crippen molar-refractivity contribution in [3.8, 4) is 0 Å². The molecule has 0 amide bonds. The molecule has 26 heavy (non-hydrogen) atoms. The monoisotopic (exact) mass is 348 g/mol. The molecule has 0 aliphatic heterocycles. The molecule has 0 aromatic heterocycles. The van der Waals surface area contributed by atoms with Crippen molar-refractivity contribution in [3.05, 3.63) is 47.5 Å². The number of hydrogen-bond donors (Lipinski definition) is 0. The van der Waals surface area contributed by atoms with Crippen LogP contribution in [0.1, 0.15) is 88.2 Å². The third-order valence-corrected chi connectivity index (χ3v) is 7.20. The van der Waals surface area contributed by atoms with Crippen LogP contribution in [-0.2, 0) is 12.8 Å². The Bertz CT molecular complexity index is 625. The molecule has 0 N–H and O–H groups in total. The molecule has 140 valence electrons. The fourth-order valence-corrected chi connectivity index (χ4v) is 5.55. The van der Waals surface area contributed by atoms with Gasteiger partial charge in [0, 0.05) is 0 Å². The van der Waals surface area contributed by atoms with Gasteiger partial charge < -0.3 is 0 Å². The normalized spacial score (nSPS) is 19.8. The van der Waals surface area contributed by atoms with Gasteiger partial charge in [0.25, 0.3) is 0 Å². The molecule has 0 unspecified atom stereocenters. The van der Waals surface area contributed by atoms with Gasteiger partial charge in [-0.15, -0.1) is 0 Å². The third-order valence-electron chi connectivity index (χ3n) is 7.20. The summed E-state index contributed by atoms with van der Waals surface area (Å²) in [5.74, 6) is 1.96. The van der Waals surface area contributed by atoms with Gasteiger partial charge in [0.2, 0.25) is 0 Å². The Morgan fingerprint density at radius 3 is 1.38 bits per heavy atom. The molecule has 0 nitrogen and oxygen atoms in total. The highest BCUT2D eigenvalue weighted by Crippen LogP contribution is 2.32. The van der Waals surface area contributed by atoms with Crippen LogP contribution in [0.15, 0.2) is 36.4 Å². The summed E-state index contributed by atoms with van der Waals surface area (Å²) in [5.41, 5.74) is 3.18. The van der Waals surface area contributed by atoms with Crippen LogP contribution in [0.25, 0.3) is 10.8 Å². The Hall–Kier alpha value is -1.30. The van der Waals surface area contributed by atoms with Crippen molar-refractivity contribution >= 4 is 10.8 Å². The van der Waals surface area contributed by atoms with E-state index in [1.165, 1.54) is 101 Å². The Kier molecular flexibility index (Phi) is 6.31. The minimum atomic E-state index is 0.980. The molecule has 0 radical (unpaired) electrons. The fourth-order valence-electron chi connectivity index (χ4n) is 5.55. The summed E-state index contributed by atoms with van der Waals surface area (Å²) in [4.78, 5) is 0. The van der Waals surface area contributed by atoms with Gasteiger partial charge in [-0.25, -0.2) is 0 Å². The van der Waals surface area contributed by atoms with Gasteiger partial charge in [-0.1, -0.05) is 101 Å². The van der Waals surface area contributed by atoms with Crippen molar-refractivity contribution < 1.29 is 0 Å². The molecular formula is C26H36. The van der Waals surface area contributed by atoms with E-state index < -0.39 is 0 Å². The van der Waals surface area contributed by atoms with E-state index in [0.29, 0.717) is 0 Å². The predicted octanol–water partition coefficient (Wildman–Crippen LogP) is 7.87. The summed E-state index contributed by atoms with van der Waals surface area (Å²) in [6.45, 7) is 0.